The van der Waals surface area contributed by atoms with Crippen LogP contribution in [0.5, 0.6) is 5.75 Å². The fourth-order valence-corrected chi connectivity index (χ4v) is 0.670. The van der Waals surface area contributed by atoms with Crippen LogP contribution < -0.4 is 10.8 Å². The molecule has 0 fully saturated rings. The number of amides is 1. The molecule has 0 bridgehead atoms. The Morgan fingerprint density at radius 2 is 2.00 bits per heavy atom. The van der Waals surface area contributed by atoms with Gasteiger partial charge < -0.3 is 10.8 Å². The molecule has 1 amide bonds. The highest BCUT2D eigenvalue weighted by Gasteiger charge is 1.97. The smallest absolute Gasteiger partial charge is 0.248 e. The minimum Gasteiger partial charge on any atom is -0.872 e. The maximum Gasteiger partial charge on any atom is 0.248 e. The van der Waals surface area contributed by atoms with Crippen LogP contribution in [0, 0.1) is 0 Å². The van der Waals surface area contributed by atoms with E-state index in [0.29, 0.717) is 0 Å². The molecule has 1 aromatic carbocycles. The van der Waals surface area contributed by atoms with Gasteiger partial charge in [0.05, 0.1) is 0 Å². The summed E-state index contributed by atoms with van der Waals surface area (Å²) < 4.78 is 0. The monoisotopic (exact) mass is 136 g/mol. The summed E-state index contributed by atoms with van der Waals surface area (Å²) in [7, 11) is 0. The number of hydrogen-bond donors (Lipinski definition) is 1. The second-order valence-electron chi connectivity index (χ2n) is 1.86. The SMILES string of the molecule is NC(=O)c1ccccc1[O-]. The second kappa shape index (κ2) is 2.39. The maximum atomic E-state index is 10.8. The molecule has 0 saturated carbocycles. The molecule has 0 aliphatic heterocycles. The fraction of sp³-hybridized carbons (Fsp3) is 0. The van der Waals surface area contributed by atoms with E-state index >= 15 is 0 Å². The Kier molecular flexibility index (Phi) is 1.58. The molecule has 10 heavy (non-hydrogen) atoms. The van der Waals surface area contributed by atoms with Crippen molar-refractivity contribution in [1.82, 2.24) is 0 Å². The number of benzene rings is 1. The number of carbonyl (C=O) groups is 1. The Morgan fingerprint density at radius 1 is 1.40 bits per heavy atom. The van der Waals surface area contributed by atoms with Crippen LogP contribution in [0.15, 0.2) is 24.3 Å². The first-order valence-electron chi connectivity index (χ1n) is 2.77. The summed E-state index contributed by atoms with van der Waals surface area (Å²) in [5.74, 6) is -0.999. The lowest BCUT2D eigenvalue weighted by Gasteiger charge is -2.07. The van der Waals surface area contributed by atoms with Crippen LogP contribution in [-0.2, 0) is 0 Å². The summed E-state index contributed by atoms with van der Waals surface area (Å²) in [5.41, 5.74) is 4.92. The van der Waals surface area contributed by atoms with Crippen LogP contribution in [0.1, 0.15) is 10.4 Å². The molecule has 2 N–H and O–H groups in total. The van der Waals surface area contributed by atoms with E-state index in [1.165, 1.54) is 12.1 Å². The van der Waals surface area contributed by atoms with E-state index in [9.17, 15) is 9.90 Å². The lowest BCUT2D eigenvalue weighted by molar-refractivity contribution is -0.268. The standard InChI is InChI=1S/C7H7NO2/c8-7(10)5-3-1-2-4-6(5)9/h1-4,9H,(H2,8,10)/p-1. The molecule has 0 saturated heterocycles. The number of hydrogen-bond acceptors (Lipinski definition) is 2. The van der Waals surface area contributed by atoms with E-state index in [1.54, 1.807) is 12.1 Å². The van der Waals surface area contributed by atoms with E-state index < -0.39 is 5.91 Å². The molecule has 3 nitrogen and oxygen atoms in total. The molecule has 0 unspecified atom stereocenters. The summed E-state index contributed by atoms with van der Waals surface area (Å²) in [4.78, 5) is 10.4. The first-order valence-corrected chi connectivity index (χ1v) is 2.77. The summed E-state index contributed by atoms with van der Waals surface area (Å²) in [6.45, 7) is 0. The summed E-state index contributed by atoms with van der Waals surface area (Å²) >= 11 is 0. The molecule has 0 aliphatic carbocycles. The van der Waals surface area contributed by atoms with Gasteiger partial charge in [0.2, 0.25) is 5.91 Å². The van der Waals surface area contributed by atoms with E-state index in [4.69, 9.17) is 5.73 Å². The quantitative estimate of drug-likeness (QED) is 0.583. The summed E-state index contributed by atoms with van der Waals surface area (Å²) in [5, 5.41) is 10.8. The third-order valence-electron chi connectivity index (χ3n) is 1.15. The average molecular weight is 136 g/mol. The number of para-hydroxylation sites is 1. The number of carbonyl (C=O) groups excluding carboxylic acids is 1. The number of nitrogens with two attached hydrogens (primary N) is 1. The Hall–Kier alpha value is -1.51. The summed E-state index contributed by atoms with van der Waals surface area (Å²) in [6.07, 6.45) is 0. The Bertz CT molecular complexity index is 258. The van der Waals surface area contributed by atoms with Gasteiger partial charge in [0.25, 0.3) is 0 Å². The maximum absolute atomic E-state index is 10.8. The lowest BCUT2D eigenvalue weighted by Crippen LogP contribution is -2.13. The minimum absolute atomic E-state index is 0.0440. The predicted octanol–water partition coefficient (Wildman–Crippen LogP) is -0.141. The zero-order chi connectivity index (χ0) is 7.56. The van der Waals surface area contributed by atoms with Gasteiger partial charge >= 0.3 is 0 Å². The minimum atomic E-state index is -0.675. The predicted molar refractivity (Wildman–Crippen MR) is 34.4 cm³/mol. The molecule has 0 heterocycles. The first-order chi connectivity index (χ1) is 4.72. The van der Waals surface area contributed by atoms with Crippen molar-refractivity contribution in [1.29, 1.82) is 0 Å². The van der Waals surface area contributed by atoms with E-state index in [1.807, 2.05) is 0 Å². The van der Waals surface area contributed by atoms with Crippen molar-refractivity contribution in [3.8, 4) is 5.75 Å². The van der Waals surface area contributed by atoms with E-state index in [0.717, 1.165) is 0 Å². The van der Waals surface area contributed by atoms with Crippen molar-refractivity contribution in [2.75, 3.05) is 0 Å². The fourth-order valence-electron chi connectivity index (χ4n) is 0.670. The van der Waals surface area contributed by atoms with Crippen LogP contribution >= 0.6 is 0 Å². The van der Waals surface area contributed by atoms with Crippen molar-refractivity contribution in [2.24, 2.45) is 5.73 Å². The van der Waals surface area contributed by atoms with Crippen LogP contribution in [0.3, 0.4) is 0 Å². The van der Waals surface area contributed by atoms with E-state index in [-0.39, 0.29) is 11.3 Å². The third-order valence-corrected chi connectivity index (χ3v) is 1.15. The van der Waals surface area contributed by atoms with Crippen molar-refractivity contribution in [3.05, 3.63) is 29.8 Å². The zero-order valence-electron chi connectivity index (χ0n) is 5.20. The zero-order valence-corrected chi connectivity index (χ0v) is 5.20. The van der Waals surface area contributed by atoms with Gasteiger partial charge in [-0.15, -0.1) is 0 Å². The van der Waals surface area contributed by atoms with Gasteiger partial charge in [0.1, 0.15) is 0 Å². The number of primary amides is 1. The molecular weight excluding hydrogens is 130 g/mol. The normalized spacial score (nSPS) is 9.20. The summed E-state index contributed by atoms with van der Waals surface area (Å²) in [6, 6.07) is 5.88. The van der Waals surface area contributed by atoms with Gasteiger partial charge in [-0.2, -0.15) is 0 Å². The van der Waals surface area contributed by atoms with Crippen LogP contribution in [0.25, 0.3) is 0 Å². The van der Waals surface area contributed by atoms with Gasteiger partial charge in [0, 0.05) is 5.56 Å². The largest absolute Gasteiger partial charge is 0.872 e. The topological polar surface area (TPSA) is 66.2 Å². The van der Waals surface area contributed by atoms with Gasteiger partial charge in [-0.1, -0.05) is 30.0 Å². The Morgan fingerprint density at radius 3 is 2.40 bits per heavy atom. The molecule has 0 aromatic heterocycles. The first kappa shape index (κ1) is 6.61. The average Bonchev–Trinajstić information content (AvgIpc) is 1.88. The Balaban J connectivity index is 3.15. The molecule has 0 aliphatic rings. The van der Waals surface area contributed by atoms with Crippen molar-refractivity contribution in [2.45, 2.75) is 0 Å². The van der Waals surface area contributed by atoms with Gasteiger partial charge in [0.15, 0.2) is 0 Å². The molecule has 52 valence electrons. The van der Waals surface area contributed by atoms with Crippen LogP contribution in [0.2, 0.25) is 0 Å². The molecule has 3 heteroatoms. The van der Waals surface area contributed by atoms with Crippen LogP contribution in [0.4, 0.5) is 0 Å². The lowest BCUT2D eigenvalue weighted by atomic mass is 10.2. The van der Waals surface area contributed by atoms with Gasteiger partial charge in [-0.3, -0.25) is 4.79 Å². The molecule has 1 aromatic rings. The highest BCUT2D eigenvalue weighted by atomic mass is 16.3. The Labute approximate surface area is 58.1 Å². The van der Waals surface area contributed by atoms with Gasteiger partial charge in [-0.25, -0.2) is 0 Å². The molecule has 0 atom stereocenters. The number of rotatable bonds is 1. The van der Waals surface area contributed by atoms with Crippen molar-refractivity contribution < 1.29 is 9.90 Å². The highest BCUT2D eigenvalue weighted by molar-refractivity contribution is 5.95. The van der Waals surface area contributed by atoms with E-state index in [2.05, 4.69) is 0 Å². The van der Waals surface area contributed by atoms with Gasteiger partial charge in [-0.05, 0) is 0 Å². The molecule has 0 spiro atoms. The second-order valence-corrected chi connectivity index (χ2v) is 1.86. The van der Waals surface area contributed by atoms with Crippen LogP contribution in [-0.4, -0.2) is 5.91 Å². The van der Waals surface area contributed by atoms with Crippen molar-refractivity contribution in [3.63, 3.8) is 0 Å². The molecule has 0 radical (unpaired) electrons. The highest BCUT2D eigenvalue weighted by Crippen LogP contribution is 2.10. The molecule has 1 rings (SSSR count). The molecular formula is C7H6NO2-. The third kappa shape index (κ3) is 1.07. The van der Waals surface area contributed by atoms with Crippen molar-refractivity contribution >= 4 is 5.91 Å².